The number of methoxy groups -OCH3 is 1. The molecule has 1 amide bonds. The van der Waals surface area contributed by atoms with Gasteiger partial charge in [-0.3, -0.25) is 9.20 Å². The summed E-state index contributed by atoms with van der Waals surface area (Å²) in [5.41, 5.74) is 4.82. The number of imidazole rings is 1. The molecular formula is C26H27F3N4O3. The highest BCUT2D eigenvalue weighted by Gasteiger charge is 2.44. The van der Waals surface area contributed by atoms with E-state index in [0.29, 0.717) is 17.4 Å². The molecule has 190 valence electrons. The number of amides is 1. The van der Waals surface area contributed by atoms with E-state index < -0.39 is 18.6 Å². The molecule has 1 aromatic carbocycles. The molecule has 5 heterocycles. The van der Waals surface area contributed by atoms with E-state index in [-0.39, 0.29) is 17.9 Å². The summed E-state index contributed by atoms with van der Waals surface area (Å²) in [6, 6.07) is 7.72. The largest absolute Gasteiger partial charge is 0.496 e. The number of carbonyl (C=O) groups is 1. The Morgan fingerprint density at radius 1 is 1.17 bits per heavy atom. The van der Waals surface area contributed by atoms with Crippen LogP contribution in [-0.2, 0) is 11.2 Å². The van der Waals surface area contributed by atoms with Crippen molar-refractivity contribution >= 4 is 17.2 Å². The van der Waals surface area contributed by atoms with Crippen molar-refractivity contribution in [1.82, 2.24) is 14.3 Å². The van der Waals surface area contributed by atoms with Gasteiger partial charge in [0, 0.05) is 61.8 Å². The summed E-state index contributed by atoms with van der Waals surface area (Å²) in [5.74, 6) is -0.384. The first kappa shape index (κ1) is 23.1. The number of aromatic nitrogens is 2. The first-order chi connectivity index (χ1) is 17.3. The summed E-state index contributed by atoms with van der Waals surface area (Å²) < 4.78 is 51.7. The van der Waals surface area contributed by atoms with Crippen LogP contribution in [0.5, 0.6) is 5.75 Å². The molecule has 0 N–H and O–H groups in total. The second-order valence-electron chi connectivity index (χ2n) is 10.0. The van der Waals surface area contributed by atoms with E-state index in [1.54, 1.807) is 12.3 Å². The quantitative estimate of drug-likeness (QED) is 0.538. The Hall–Kier alpha value is -3.27. The highest BCUT2D eigenvalue weighted by atomic mass is 19.4. The van der Waals surface area contributed by atoms with E-state index in [1.165, 1.54) is 7.11 Å². The third-order valence-corrected chi connectivity index (χ3v) is 7.69. The standard InChI is InChI=1S/C26H27F3N4O3/c1-35-21-11-18(10-17-2-6-31(16-26(27,28)29)24(34)23(17)21)20-13-30-22-12-19(3-7-33(20)22)32-14-25(15-32)4-8-36-9-5-25/h3,7,10-13H,2,4-6,8-9,14-16H2,1H3. The Morgan fingerprint density at radius 2 is 1.94 bits per heavy atom. The Balaban J connectivity index is 1.28. The third-order valence-electron chi connectivity index (χ3n) is 7.69. The molecule has 1 spiro atoms. The summed E-state index contributed by atoms with van der Waals surface area (Å²) in [7, 11) is 1.43. The molecule has 0 unspecified atom stereocenters. The maximum absolute atomic E-state index is 12.9. The number of ether oxygens (including phenoxy) is 2. The monoisotopic (exact) mass is 500 g/mol. The fraction of sp³-hybridized carbons (Fsp3) is 0.462. The molecule has 7 nitrogen and oxygen atoms in total. The van der Waals surface area contributed by atoms with E-state index >= 15 is 0 Å². The van der Waals surface area contributed by atoms with Gasteiger partial charge < -0.3 is 19.3 Å². The molecular weight excluding hydrogens is 473 g/mol. The molecule has 3 aromatic rings. The zero-order chi connectivity index (χ0) is 25.1. The number of alkyl halides is 3. The number of nitrogens with zero attached hydrogens (tertiary/aromatic N) is 4. The minimum atomic E-state index is -4.45. The topological polar surface area (TPSA) is 59.3 Å². The van der Waals surface area contributed by atoms with Crippen LogP contribution >= 0.6 is 0 Å². The van der Waals surface area contributed by atoms with Gasteiger partial charge in [-0.05, 0) is 43.0 Å². The van der Waals surface area contributed by atoms with E-state index in [0.717, 1.165) is 66.6 Å². The average Bonchev–Trinajstić information content (AvgIpc) is 3.26. The van der Waals surface area contributed by atoms with Crippen molar-refractivity contribution in [2.45, 2.75) is 25.4 Å². The number of hydrogen-bond donors (Lipinski definition) is 0. The number of hydrogen-bond acceptors (Lipinski definition) is 5. The Labute approximate surface area is 206 Å². The summed E-state index contributed by atoms with van der Waals surface area (Å²) in [6.45, 7) is 2.48. The Bertz CT molecular complexity index is 1300. The van der Waals surface area contributed by atoms with Crippen molar-refractivity contribution in [2.75, 3.05) is 51.4 Å². The normalized spacial score (nSPS) is 19.5. The first-order valence-corrected chi connectivity index (χ1v) is 12.1. The zero-order valence-electron chi connectivity index (χ0n) is 20.0. The third kappa shape index (κ3) is 3.97. The van der Waals surface area contributed by atoms with Crippen LogP contribution in [0.25, 0.3) is 16.9 Å². The van der Waals surface area contributed by atoms with Crippen molar-refractivity contribution < 1.29 is 27.4 Å². The van der Waals surface area contributed by atoms with Gasteiger partial charge in [-0.15, -0.1) is 0 Å². The van der Waals surface area contributed by atoms with Gasteiger partial charge in [-0.25, -0.2) is 4.98 Å². The van der Waals surface area contributed by atoms with Crippen molar-refractivity contribution in [2.24, 2.45) is 5.41 Å². The van der Waals surface area contributed by atoms with Gasteiger partial charge in [-0.2, -0.15) is 13.2 Å². The second kappa shape index (κ2) is 8.40. The summed E-state index contributed by atoms with van der Waals surface area (Å²) in [5, 5.41) is 0. The van der Waals surface area contributed by atoms with Crippen LogP contribution in [-0.4, -0.2) is 72.9 Å². The summed E-state index contributed by atoms with van der Waals surface area (Å²) in [6.07, 6.45) is 1.86. The molecule has 0 saturated carbocycles. The van der Waals surface area contributed by atoms with Gasteiger partial charge in [0.15, 0.2) is 0 Å². The van der Waals surface area contributed by atoms with Gasteiger partial charge in [0.25, 0.3) is 5.91 Å². The molecule has 2 saturated heterocycles. The smallest absolute Gasteiger partial charge is 0.406 e. The summed E-state index contributed by atoms with van der Waals surface area (Å²) >= 11 is 0. The zero-order valence-corrected chi connectivity index (χ0v) is 20.0. The predicted molar refractivity (Wildman–Crippen MR) is 128 cm³/mol. The molecule has 6 rings (SSSR count). The Kier molecular flexibility index (Phi) is 5.40. The maximum atomic E-state index is 12.9. The molecule has 0 bridgehead atoms. The van der Waals surface area contributed by atoms with Crippen LogP contribution in [0.3, 0.4) is 0 Å². The number of pyridine rings is 1. The van der Waals surface area contributed by atoms with Gasteiger partial charge >= 0.3 is 6.18 Å². The average molecular weight is 501 g/mol. The highest BCUT2D eigenvalue weighted by Crippen LogP contribution is 2.42. The van der Waals surface area contributed by atoms with E-state index in [9.17, 15) is 18.0 Å². The molecule has 3 aliphatic heterocycles. The van der Waals surface area contributed by atoms with Crippen LogP contribution in [0.2, 0.25) is 0 Å². The molecule has 0 radical (unpaired) electrons. The molecule has 0 atom stereocenters. The van der Waals surface area contributed by atoms with Crippen LogP contribution in [0.15, 0.2) is 36.7 Å². The van der Waals surface area contributed by atoms with Crippen molar-refractivity contribution in [3.8, 4) is 17.0 Å². The lowest BCUT2D eigenvalue weighted by Gasteiger charge is -2.53. The lowest BCUT2D eigenvalue weighted by molar-refractivity contribution is -0.141. The molecule has 36 heavy (non-hydrogen) atoms. The van der Waals surface area contributed by atoms with Crippen LogP contribution in [0.1, 0.15) is 28.8 Å². The molecule has 3 aliphatic rings. The molecule has 10 heteroatoms. The van der Waals surface area contributed by atoms with Crippen LogP contribution in [0, 0.1) is 5.41 Å². The fourth-order valence-electron chi connectivity index (χ4n) is 5.75. The maximum Gasteiger partial charge on any atom is 0.406 e. The lowest BCUT2D eigenvalue weighted by atomic mass is 9.73. The van der Waals surface area contributed by atoms with Crippen LogP contribution in [0.4, 0.5) is 18.9 Å². The van der Waals surface area contributed by atoms with Crippen molar-refractivity contribution in [3.63, 3.8) is 0 Å². The highest BCUT2D eigenvalue weighted by molar-refractivity contribution is 6.00. The van der Waals surface area contributed by atoms with Gasteiger partial charge in [-0.1, -0.05) is 0 Å². The Morgan fingerprint density at radius 3 is 2.67 bits per heavy atom. The van der Waals surface area contributed by atoms with E-state index in [2.05, 4.69) is 22.0 Å². The minimum absolute atomic E-state index is 0.0118. The molecule has 2 fully saturated rings. The van der Waals surface area contributed by atoms with Crippen LogP contribution < -0.4 is 9.64 Å². The van der Waals surface area contributed by atoms with Crippen molar-refractivity contribution in [3.05, 3.63) is 47.8 Å². The number of rotatable bonds is 4. The van der Waals surface area contributed by atoms with Gasteiger partial charge in [0.2, 0.25) is 0 Å². The predicted octanol–water partition coefficient (Wildman–Crippen LogP) is 4.19. The van der Waals surface area contributed by atoms with Gasteiger partial charge in [0.05, 0.1) is 24.6 Å². The SMILES string of the molecule is COc1cc(-c2cnc3cc(N4CC5(CCOCC5)C4)ccn23)cc2c1C(=O)N(CC(F)(F)F)CC2. The first-order valence-electron chi connectivity index (χ1n) is 12.1. The number of anilines is 1. The fourth-order valence-corrected chi connectivity index (χ4v) is 5.75. The molecule has 2 aromatic heterocycles. The van der Waals surface area contributed by atoms with E-state index in [4.69, 9.17) is 9.47 Å². The number of halogens is 3. The second-order valence-corrected chi connectivity index (χ2v) is 10.0. The molecule has 0 aliphatic carbocycles. The number of benzene rings is 1. The number of fused-ring (bicyclic) bond motifs is 2. The minimum Gasteiger partial charge on any atom is -0.496 e. The number of carbonyl (C=O) groups excluding carboxylic acids is 1. The summed E-state index contributed by atoms with van der Waals surface area (Å²) in [4.78, 5) is 20.7. The van der Waals surface area contributed by atoms with E-state index in [1.807, 2.05) is 16.7 Å². The lowest BCUT2D eigenvalue weighted by Crippen LogP contribution is -2.58. The van der Waals surface area contributed by atoms with Gasteiger partial charge in [0.1, 0.15) is 17.9 Å². The van der Waals surface area contributed by atoms with Crippen molar-refractivity contribution in [1.29, 1.82) is 0 Å².